The largest absolute Gasteiger partial charge is 0.468 e. The van der Waals surface area contributed by atoms with Crippen molar-refractivity contribution in [2.45, 2.75) is 25.4 Å². The molecule has 3 aromatic heterocycles. The molecular weight excluding hydrogens is 402 g/mol. The van der Waals surface area contributed by atoms with E-state index in [1.54, 1.807) is 25.1 Å². The summed E-state index contributed by atoms with van der Waals surface area (Å²) >= 11 is 0. The molecular formula is C25H21N5O2. The lowest BCUT2D eigenvalue weighted by Crippen LogP contribution is -2.30. The highest BCUT2D eigenvalue weighted by atomic mass is 16.5. The monoisotopic (exact) mass is 423 g/mol. The van der Waals surface area contributed by atoms with Gasteiger partial charge in [0.2, 0.25) is 5.88 Å². The summed E-state index contributed by atoms with van der Waals surface area (Å²) in [5.41, 5.74) is 2.13. The average Bonchev–Trinajstić information content (AvgIpc) is 3.54. The second-order valence-electron chi connectivity index (χ2n) is 7.91. The number of aryl methyl sites for hydroxylation is 2. The number of furan rings is 1. The zero-order valence-electron chi connectivity index (χ0n) is 17.3. The number of imidazole rings is 1. The number of aromatic nitrogens is 4. The third-order valence-corrected chi connectivity index (χ3v) is 6.00. The predicted octanol–water partition coefficient (Wildman–Crippen LogP) is 4.68. The fourth-order valence-electron chi connectivity index (χ4n) is 4.51. The van der Waals surface area contributed by atoms with Crippen molar-refractivity contribution < 1.29 is 9.15 Å². The first-order valence-corrected chi connectivity index (χ1v) is 10.6. The van der Waals surface area contributed by atoms with Crippen LogP contribution in [-0.4, -0.2) is 19.1 Å². The Bertz CT molecular complexity index is 1450. The van der Waals surface area contributed by atoms with Crippen LogP contribution in [0.25, 0.3) is 10.8 Å². The van der Waals surface area contributed by atoms with Crippen LogP contribution in [0.3, 0.4) is 0 Å². The number of benzene rings is 2. The zero-order valence-corrected chi connectivity index (χ0v) is 17.3. The van der Waals surface area contributed by atoms with Gasteiger partial charge in [-0.2, -0.15) is 0 Å². The van der Waals surface area contributed by atoms with Crippen molar-refractivity contribution in [1.29, 1.82) is 5.41 Å². The molecule has 1 unspecified atom stereocenters. The Labute approximate surface area is 184 Å². The van der Waals surface area contributed by atoms with Crippen LogP contribution in [0.4, 0.5) is 0 Å². The summed E-state index contributed by atoms with van der Waals surface area (Å²) in [6.45, 7) is 1.50. The average molecular weight is 423 g/mol. The van der Waals surface area contributed by atoms with Crippen LogP contribution in [0, 0.1) is 5.41 Å². The SMILES string of the molecule is N=c1c2c(ncn1CCCn1ccnc1)Oc1ccc3ccccc3c1C2c1ccco1. The molecule has 0 radical (unpaired) electrons. The molecule has 0 bridgehead atoms. The molecule has 1 aliphatic rings. The van der Waals surface area contributed by atoms with Gasteiger partial charge in [-0.3, -0.25) is 5.41 Å². The quantitative estimate of drug-likeness (QED) is 0.436. The normalized spacial score (nSPS) is 14.7. The fourth-order valence-corrected chi connectivity index (χ4v) is 4.51. The second kappa shape index (κ2) is 7.53. The number of ether oxygens (including phenoxy) is 1. The van der Waals surface area contributed by atoms with Gasteiger partial charge in [-0.05, 0) is 35.4 Å². The van der Waals surface area contributed by atoms with Crippen LogP contribution in [-0.2, 0) is 13.1 Å². The third-order valence-electron chi connectivity index (χ3n) is 6.00. The lowest BCUT2D eigenvalue weighted by Gasteiger charge is -2.28. The number of fused-ring (bicyclic) bond motifs is 4. The van der Waals surface area contributed by atoms with Crippen LogP contribution in [0.2, 0.25) is 0 Å². The van der Waals surface area contributed by atoms with E-state index in [0.29, 0.717) is 17.9 Å². The molecule has 0 amide bonds. The van der Waals surface area contributed by atoms with E-state index in [4.69, 9.17) is 14.6 Å². The van der Waals surface area contributed by atoms with E-state index in [0.717, 1.165) is 46.4 Å². The summed E-state index contributed by atoms with van der Waals surface area (Å²) in [6.07, 6.45) is 9.75. The molecule has 0 aliphatic carbocycles. The maximum atomic E-state index is 9.04. The molecule has 7 heteroatoms. The van der Waals surface area contributed by atoms with Gasteiger partial charge in [0.15, 0.2) is 0 Å². The zero-order chi connectivity index (χ0) is 21.5. The topological polar surface area (TPSA) is 81.9 Å². The van der Waals surface area contributed by atoms with Crippen molar-refractivity contribution in [3.63, 3.8) is 0 Å². The van der Waals surface area contributed by atoms with E-state index in [1.165, 1.54) is 0 Å². The summed E-state index contributed by atoms with van der Waals surface area (Å²) in [7, 11) is 0. The smallest absolute Gasteiger partial charge is 0.228 e. The molecule has 6 rings (SSSR count). The maximum Gasteiger partial charge on any atom is 0.228 e. The Kier molecular flexibility index (Phi) is 4.38. The second-order valence-corrected chi connectivity index (χ2v) is 7.91. The van der Waals surface area contributed by atoms with Crippen LogP contribution in [0.5, 0.6) is 11.6 Å². The summed E-state index contributed by atoms with van der Waals surface area (Å²) in [5, 5.41) is 11.3. The Morgan fingerprint density at radius 2 is 1.91 bits per heavy atom. The Morgan fingerprint density at radius 1 is 0.969 bits per heavy atom. The van der Waals surface area contributed by atoms with Crippen molar-refractivity contribution in [1.82, 2.24) is 19.1 Å². The van der Waals surface area contributed by atoms with Gasteiger partial charge in [-0.25, -0.2) is 9.97 Å². The van der Waals surface area contributed by atoms with E-state index < -0.39 is 0 Å². The van der Waals surface area contributed by atoms with Gasteiger partial charge in [-0.1, -0.05) is 30.3 Å². The fraction of sp³-hybridized carbons (Fsp3) is 0.160. The number of rotatable bonds is 5. The highest BCUT2D eigenvalue weighted by Gasteiger charge is 2.35. The van der Waals surface area contributed by atoms with Crippen molar-refractivity contribution in [3.05, 3.63) is 102 Å². The standard InChI is InChI=1S/C25H21N5O2/c26-24-23-22(19-7-3-14-31-19)21-18-6-2-1-5-17(18)8-9-20(21)32-25(23)28-16-30(24)12-4-11-29-13-10-27-15-29/h1-3,5-10,13-16,22,26H,4,11-12H2. The molecule has 1 N–H and O–H groups in total. The van der Waals surface area contributed by atoms with Gasteiger partial charge < -0.3 is 18.3 Å². The van der Waals surface area contributed by atoms with E-state index >= 15 is 0 Å². The van der Waals surface area contributed by atoms with E-state index in [9.17, 15) is 0 Å². The Balaban J connectivity index is 1.47. The molecule has 158 valence electrons. The van der Waals surface area contributed by atoms with Crippen molar-refractivity contribution >= 4 is 10.8 Å². The van der Waals surface area contributed by atoms with Crippen LogP contribution in [0.15, 0.2) is 84.3 Å². The molecule has 0 saturated carbocycles. The molecule has 1 aliphatic heterocycles. The van der Waals surface area contributed by atoms with Crippen LogP contribution < -0.4 is 10.2 Å². The summed E-state index contributed by atoms with van der Waals surface area (Å²) in [5.74, 6) is 1.72. The van der Waals surface area contributed by atoms with Gasteiger partial charge in [-0.15, -0.1) is 0 Å². The number of hydrogen-bond acceptors (Lipinski definition) is 5. The van der Waals surface area contributed by atoms with Gasteiger partial charge in [0.25, 0.3) is 0 Å². The van der Waals surface area contributed by atoms with E-state index in [2.05, 4.69) is 28.2 Å². The first-order valence-electron chi connectivity index (χ1n) is 10.6. The minimum absolute atomic E-state index is 0.268. The predicted molar refractivity (Wildman–Crippen MR) is 119 cm³/mol. The highest BCUT2D eigenvalue weighted by Crippen LogP contribution is 2.47. The van der Waals surface area contributed by atoms with E-state index in [-0.39, 0.29) is 5.92 Å². The van der Waals surface area contributed by atoms with E-state index in [1.807, 2.05) is 45.7 Å². The first-order chi connectivity index (χ1) is 15.8. The first kappa shape index (κ1) is 18.6. The summed E-state index contributed by atoms with van der Waals surface area (Å²) in [4.78, 5) is 8.68. The molecule has 0 spiro atoms. The number of nitrogens with zero attached hydrogens (tertiary/aromatic N) is 4. The lowest BCUT2D eigenvalue weighted by atomic mass is 9.84. The highest BCUT2D eigenvalue weighted by molar-refractivity contribution is 5.90. The minimum atomic E-state index is -0.268. The van der Waals surface area contributed by atoms with Crippen LogP contribution in [0.1, 0.15) is 29.2 Å². The van der Waals surface area contributed by atoms with Gasteiger partial charge in [0, 0.05) is 31.0 Å². The van der Waals surface area contributed by atoms with Gasteiger partial charge in [0.05, 0.1) is 24.1 Å². The minimum Gasteiger partial charge on any atom is -0.468 e. The molecule has 0 saturated heterocycles. The third kappa shape index (κ3) is 3.01. The van der Waals surface area contributed by atoms with Crippen molar-refractivity contribution in [2.24, 2.45) is 0 Å². The molecule has 1 atom stereocenters. The van der Waals surface area contributed by atoms with Crippen LogP contribution >= 0.6 is 0 Å². The molecule has 5 aromatic rings. The Hall–Kier alpha value is -4.13. The lowest BCUT2D eigenvalue weighted by molar-refractivity contribution is 0.406. The molecule has 32 heavy (non-hydrogen) atoms. The summed E-state index contributed by atoms with van der Waals surface area (Å²) in [6, 6.07) is 16.1. The van der Waals surface area contributed by atoms with Gasteiger partial charge in [0.1, 0.15) is 23.3 Å². The summed E-state index contributed by atoms with van der Waals surface area (Å²) < 4.78 is 16.0. The maximum absolute atomic E-state index is 9.04. The molecule has 0 fully saturated rings. The molecule has 4 heterocycles. The van der Waals surface area contributed by atoms with Crippen molar-refractivity contribution in [3.8, 4) is 11.6 Å². The van der Waals surface area contributed by atoms with Gasteiger partial charge >= 0.3 is 0 Å². The number of nitrogens with one attached hydrogen (secondary N) is 1. The molecule has 7 nitrogen and oxygen atoms in total. The molecule has 2 aromatic carbocycles. The van der Waals surface area contributed by atoms with Crippen molar-refractivity contribution in [2.75, 3.05) is 0 Å². The Morgan fingerprint density at radius 3 is 2.75 bits per heavy atom. The number of hydrogen-bond donors (Lipinski definition) is 1.